The van der Waals surface area contributed by atoms with Crippen LogP contribution in [0.3, 0.4) is 0 Å². The van der Waals surface area contributed by atoms with Gasteiger partial charge in [0.25, 0.3) is 11.8 Å². The lowest BCUT2D eigenvalue weighted by Crippen LogP contribution is -2.43. The molecule has 0 radical (unpaired) electrons. The van der Waals surface area contributed by atoms with Gasteiger partial charge in [-0.15, -0.1) is 0 Å². The quantitative estimate of drug-likeness (QED) is 0.851. The van der Waals surface area contributed by atoms with Crippen molar-refractivity contribution < 1.29 is 19.1 Å². The number of ether oxygens (including phenoxy) is 2. The molecule has 1 heterocycles. The number of piperidine rings is 1. The van der Waals surface area contributed by atoms with Gasteiger partial charge < -0.3 is 20.1 Å². The molecule has 0 bridgehead atoms. The molecule has 1 unspecified atom stereocenters. The summed E-state index contributed by atoms with van der Waals surface area (Å²) in [6.45, 7) is 2.52. The average molecular weight is 355 g/mol. The van der Waals surface area contributed by atoms with Crippen LogP contribution in [-0.2, 0) is 4.79 Å². The fraction of sp³-hybridized carbons (Fsp3) is 0.529. The lowest BCUT2D eigenvalue weighted by Gasteiger charge is -2.35. The Balaban J connectivity index is 2.28. The van der Waals surface area contributed by atoms with E-state index in [-0.39, 0.29) is 29.3 Å². The summed E-state index contributed by atoms with van der Waals surface area (Å²) in [6.07, 6.45) is 4.10. The molecule has 0 aromatic heterocycles. The molecular formula is C17H23ClN2O4. The molecule has 2 N–H and O–H groups in total. The molecule has 7 heteroatoms. The van der Waals surface area contributed by atoms with Crippen molar-refractivity contribution in [1.29, 1.82) is 0 Å². The number of hydrogen-bond acceptors (Lipinski definition) is 4. The predicted octanol–water partition coefficient (Wildman–Crippen LogP) is 2.62. The van der Waals surface area contributed by atoms with Crippen molar-refractivity contribution in [3.8, 4) is 11.5 Å². The summed E-state index contributed by atoms with van der Waals surface area (Å²) in [4.78, 5) is 25.7. The Bertz CT molecular complexity index is 621. The molecule has 0 saturated carbocycles. The van der Waals surface area contributed by atoms with E-state index in [2.05, 4.69) is 6.92 Å². The normalized spacial score (nSPS) is 17.5. The van der Waals surface area contributed by atoms with Crippen LogP contribution in [0.15, 0.2) is 12.1 Å². The number of likely N-dealkylation sites (tertiary alicyclic amines) is 1. The number of halogens is 1. The number of nitrogens with two attached hydrogens (primary N) is 1. The number of primary amides is 1. The van der Waals surface area contributed by atoms with Crippen LogP contribution in [0.25, 0.3) is 0 Å². The van der Waals surface area contributed by atoms with E-state index < -0.39 is 5.91 Å². The minimum atomic E-state index is -0.618. The van der Waals surface area contributed by atoms with Crippen LogP contribution >= 0.6 is 11.6 Å². The molecule has 6 nitrogen and oxygen atoms in total. The summed E-state index contributed by atoms with van der Waals surface area (Å²) in [5.41, 5.74) is 5.53. The summed E-state index contributed by atoms with van der Waals surface area (Å²) in [5.74, 6) is -0.173. The van der Waals surface area contributed by atoms with Crippen LogP contribution in [-0.4, -0.2) is 43.0 Å². The third kappa shape index (κ3) is 4.12. The maximum Gasteiger partial charge on any atom is 0.255 e. The van der Waals surface area contributed by atoms with Crippen LogP contribution in [0.2, 0.25) is 5.02 Å². The van der Waals surface area contributed by atoms with Crippen molar-refractivity contribution >= 4 is 23.4 Å². The van der Waals surface area contributed by atoms with Gasteiger partial charge in [-0.05, 0) is 37.8 Å². The molecular weight excluding hydrogens is 332 g/mol. The van der Waals surface area contributed by atoms with Crippen molar-refractivity contribution in [1.82, 2.24) is 4.90 Å². The Labute approximate surface area is 146 Å². The lowest BCUT2D eigenvalue weighted by atomic mass is 9.99. The van der Waals surface area contributed by atoms with Crippen molar-refractivity contribution in [2.45, 2.75) is 38.6 Å². The van der Waals surface area contributed by atoms with Gasteiger partial charge in [-0.25, -0.2) is 0 Å². The first-order chi connectivity index (χ1) is 11.5. The third-order valence-electron chi connectivity index (χ3n) is 4.19. The number of hydrogen-bond donors (Lipinski definition) is 1. The summed E-state index contributed by atoms with van der Waals surface area (Å²) < 4.78 is 10.5. The van der Waals surface area contributed by atoms with Gasteiger partial charge in [0.15, 0.2) is 18.1 Å². The number of methoxy groups -OCH3 is 1. The van der Waals surface area contributed by atoms with E-state index in [0.717, 1.165) is 32.2 Å². The largest absolute Gasteiger partial charge is 0.493 e. The fourth-order valence-electron chi connectivity index (χ4n) is 2.98. The predicted molar refractivity (Wildman–Crippen MR) is 91.7 cm³/mol. The zero-order chi connectivity index (χ0) is 17.7. The Morgan fingerprint density at radius 1 is 1.38 bits per heavy atom. The van der Waals surface area contributed by atoms with Crippen LogP contribution in [0, 0.1) is 0 Å². The van der Waals surface area contributed by atoms with Crippen LogP contribution < -0.4 is 15.2 Å². The molecule has 2 amide bonds. The van der Waals surface area contributed by atoms with Crippen molar-refractivity contribution in [2.75, 3.05) is 20.3 Å². The molecule has 1 aromatic rings. The summed E-state index contributed by atoms with van der Waals surface area (Å²) >= 11 is 6.22. The van der Waals surface area contributed by atoms with Crippen LogP contribution in [0.5, 0.6) is 11.5 Å². The second-order valence-electron chi connectivity index (χ2n) is 5.80. The SMILES string of the molecule is CCC1CCCCN1C(=O)c1cc(Cl)c(OCC(N)=O)c(OC)c1. The van der Waals surface area contributed by atoms with Gasteiger partial charge >= 0.3 is 0 Å². The first-order valence-electron chi connectivity index (χ1n) is 8.07. The minimum Gasteiger partial charge on any atom is -0.493 e. The third-order valence-corrected chi connectivity index (χ3v) is 4.48. The second-order valence-corrected chi connectivity index (χ2v) is 6.21. The van der Waals surface area contributed by atoms with Gasteiger partial charge in [-0.3, -0.25) is 9.59 Å². The van der Waals surface area contributed by atoms with E-state index in [1.165, 1.54) is 7.11 Å². The molecule has 0 aliphatic carbocycles. The number of amides is 2. The molecule has 2 rings (SSSR count). The fourth-order valence-corrected chi connectivity index (χ4v) is 3.25. The van der Waals surface area contributed by atoms with Gasteiger partial charge in [0.2, 0.25) is 0 Å². The molecule has 1 aliphatic heterocycles. The van der Waals surface area contributed by atoms with E-state index in [9.17, 15) is 9.59 Å². The Hall–Kier alpha value is -1.95. The maximum absolute atomic E-state index is 12.9. The Morgan fingerprint density at radius 2 is 2.12 bits per heavy atom. The van der Waals surface area contributed by atoms with Gasteiger partial charge in [-0.1, -0.05) is 18.5 Å². The molecule has 1 aromatic carbocycles. The van der Waals surface area contributed by atoms with Gasteiger partial charge in [0.1, 0.15) is 0 Å². The number of nitrogens with zero attached hydrogens (tertiary/aromatic N) is 1. The maximum atomic E-state index is 12.9. The average Bonchev–Trinajstić information content (AvgIpc) is 2.59. The van der Waals surface area contributed by atoms with E-state index >= 15 is 0 Å². The monoisotopic (exact) mass is 354 g/mol. The van der Waals surface area contributed by atoms with E-state index in [4.69, 9.17) is 26.8 Å². The standard InChI is InChI=1S/C17H23ClN2O4/c1-3-12-6-4-5-7-20(12)17(22)11-8-13(18)16(14(9-11)23-2)24-10-15(19)21/h8-9,12H,3-7,10H2,1-2H3,(H2,19,21). The van der Waals surface area contributed by atoms with Gasteiger partial charge in [-0.2, -0.15) is 0 Å². The van der Waals surface area contributed by atoms with Crippen molar-refractivity contribution in [3.05, 3.63) is 22.7 Å². The van der Waals surface area contributed by atoms with E-state index in [1.54, 1.807) is 12.1 Å². The topological polar surface area (TPSA) is 81.9 Å². The first-order valence-corrected chi connectivity index (χ1v) is 8.45. The van der Waals surface area contributed by atoms with Crippen molar-refractivity contribution in [2.24, 2.45) is 5.73 Å². The van der Waals surface area contributed by atoms with Crippen molar-refractivity contribution in [3.63, 3.8) is 0 Å². The molecule has 132 valence electrons. The van der Waals surface area contributed by atoms with E-state index in [1.807, 2.05) is 4.90 Å². The van der Waals surface area contributed by atoms with Crippen LogP contribution in [0.4, 0.5) is 0 Å². The number of carbonyl (C=O) groups is 2. The summed E-state index contributed by atoms with van der Waals surface area (Å²) in [5, 5.41) is 0.212. The zero-order valence-electron chi connectivity index (χ0n) is 14.0. The zero-order valence-corrected chi connectivity index (χ0v) is 14.8. The molecule has 1 aliphatic rings. The van der Waals surface area contributed by atoms with Gasteiger partial charge in [0, 0.05) is 18.2 Å². The lowest BCUT2D eigenvalue weighted by molar-refractivity contribution is -0.119. The highest BCUT2D eigenvalue weighted by molar-refractivity contribution is 6.32. The molecule has 0 spiro atoms. The Kier molecular flexibility index (Phi) is 6.31. The highest BCUT2D eigenvalue weighted by Crippen LogP contribution is 2.37. The Morgan fingerprint density at radius 3 is 2.75 bits per heavy atom. The number of benzene rings is 1. The highest BCUT2D eigenvalue weighted by atomic mass is 35.5. The van der Waals surface area contributed by atoms with E-state index in [0.29, 0.717) is 11.3 Å². The molecule has 24 heavy (non-hydrogen) atoms. The molecule has 1 fully saturated rings. The van der Waals surface area contributed by atoms with Crippen LogP contribution in [0.1, 0.15) is 43.0 Å². The molecule has 1 saturated heterocycles. The number of carbonyl (C=O) groups excluding carboxylic acids is 2. The minimum absolute atomic E-state index is 0.0665. The highest BCUT2D eigenvalue weighted by Gasteiger charge is 2.27. The summed E-state index contributed by atoms with van der Waals surface area (Å²) in [6, 6.07) is 3.39. The van der Waals surface area contributed by atoms with Gasteiger partial charge in [0.05, 0.1) is 12.1 Å². The first kappa shape index (κ1) is 18.4. The summed E-state index contributed by atoms with van der Waals surface area (Å²) in [7, 11) is 1.45. The molecule has 1 atom stereocenters. The number of rotatable bonds is 6. The second kappa shape index (κ2) is 8.24. The smallest absolute Gasteiger partial charge is 0.255 e.